The smallest absolute Gasteiger partial charge is 0.341 e. The second-order valence-electron chi connectivity index (χ2n) is 5.27. The van der Waals surface area contributed by atoms with Crippen LogP contribution in [0.4, 0.5) is 5.69 Å². The molecule has 1 amide bonds. The summed E-state index contributed by atoms with van der Waals surface area (Å²) < 4.78 is 6.10. The Balaban J connectivity index is 1.94. The minimum Gasteiger partial charge on any atom is -0.449 e. The SMILES string of the molecule is C[C@@H](OC(=O)c1cc(I)ccc1N)C(=O)NC1CCCC1. The van der Waals surface area contributed by atoms with E-state index in [0.29, 0.717) is 11.3 Å². The van der Waals surface area contributed by atoms with Crippen molar-refractivity contribution in [2.75, 3.05) is 5.73 Å². The molecule has 0 radical (unpaired) electrons. The third kappa shape index (κ3) is 4.33. The minimum absolute atomic E-state index is 0.210. The maximum Gasteiger partial charge on any atom is 0.341 e. The Morgan fingerprint density at radius 1 is 1.38 bits per heavy atom. The topological polar surface area (TPSA) is 81.4 Å². The molecular weight excluding hydrogens is 383 g/mol. The molecular formula is C15H19IN2O3. The number of carbonyl (C=O) groups excluding carboxylic acids is 2. The summed E-state index contributed by atoms with van der Waals surface area (Å²) in [5.41, 5.74) is 6.41. The average Bonchev–Trinajstić information content (AvgIpc) is 2.94. The lowest BCUT2D eigenvalue weighted by molar-refractivity contribution is -0.129. The van der Waals surface area contributed by atoms with Crippen molar-refractivity contribution < 1.29 is 14.3 Å². The van der Waals surface area contributed by atoms with Gasteiger partial charge in [-0.25, -0.2) is 4.79 Å². The number of halogens is 1. The summed E-state index contributed by atoms with van der Waals surface area (Å²) in [4.78, 5) is 24.1. The fraction of sp³-hybridized carbons (Fsp3) is 0.467. The van der Waals surface area contributed by atoms with Crippen molar-refractivity contribution in [1.29, 1.82) is 0 Å². The summed E-state index contributed by atoms with van der Waals surface area (Å²) in [6.45, 7) is 1.58. The van der Waals surface area contributed by atoms with Gasteiger partial charge in [0.25, 0.3) is 5.91 Å². The van der Waals surface area contributed by atoms with Crippen LogP contribution < -0.4 is 11.1 Å². The van der Waals surface area contributed by atoms with Crippen LogP contribution in [0.5, 0.6) is 0 Å². The van der Waals surface area contributed by atoms with Crippen LogP contribution >= 0.6 is 22.6 Å². The highest BCUT2D eigenvalue weighted by Gasteiger charge is 2.24. The number of nitrogens with one attached hydrogen (secondary N) is 1. The Morgan fingerprint density at radius 2 is 2.05 bits per heavy atom. The van der Waals surface area contributed by atoms with E-state index >= 15 is 0 Å². The van der Waals surface area contributed by atoms with Crippen molar-refractivity contribution in [2.24, 2.45) is 0 Å². The first-order valence-corrected chi connectivity index (χ1v) is 8.11. The van der Waals surface area contributed by atoms with Crippen molar-refractivity contribution in [2.45, 2.75) is 44.8 Å². The van der Waals surface area contributed by atoms with E-state index < -0.39 is 12.1 Å². The van der Waals surface area contributed by atoms with Gasteiger partial charge in [0.1, 0.15) is 0 Å². The largest absolute Gasteiger partial charge is 0.449 e. The van der Waals surface area contributed by atoms with E-state index in [0.717, 1.165) is 29.3 Å². The first-order valence-electron chi connectivity index (χ1n) is 7.03. The highest BCUT2D eigenvalue weighted by molar-refractivity contribution is 14.1. The Hall–Kier alpha value is -1.31. The number of hydrogen-bond donors (Lipinski definition) is 2. The molecule has 114 valence electrons. The van der Waals surface area contributed by atoms with Crippen molar-refractivity contribution in [3.8, 4) is 0 Å². The molecule has 5 nitrogen and oxygen atoms in total. The van der Waals surface area contributed by atoms with Crippen molar-refractivity contribution in [3.05, 3.63) is 27.3 Å². The molecule has 0 spiro atoms. The number of benzene rings is 1. The van der Waals surface area contributed by atoms with Crippen LogP contribution in [0, 0.1) is 3.57 Å². The van der Waals surface area contributed by atoms with Crippen molar-refractivity contribution in [1.82, 2.24) is 5.32 Å². The molecule has 0 aliphatic heterocycles. The highest BCUT2D eigenvalue weighted by Crippen LogP contribution is 2.19. The van der Waals surface area contributed by atoms with Gasteiger partial charge < -0.3 is 15.8 Å². The van der Waals surface area contributed by atoms with Gasteiger partial charge in [-0.1, -0.05) is 12.8 Å². The number of amides is 1. The van der Waals surface area contributed by atoms with E-state index in [1.54, 1.807) is 19.1 Å². The minimum atomic E-state index is -0.824. The van der Waals surface area contributed by atoms with Gasteiger partial charge >= 0.3 is 5.97 Å². The molecule has 1 aromatic carbocycles. The number of nitrogen functional groups attached to an aromatic ring is 1. The highest BCUT2D eigenvalue weighted by atomic mass is 127. The van der Waals surface area contributed by atoms with Gasteiger partial charge in [-0.15, -0.1) is 0 Å². The second-order valence-corrected chi connectivity index (χ2v) is 6.51. The lowest BCUT2D eigenvalue weighted by Gasteiger charge is -2.17. The molecule has 0 saturated heterocycles. The predicted octanol–water partition coefficient (Wildman–Crippen LogP) is 2.48. The maximum absolute atomic E-state index is 12.1. The van der Waals surface area contributed by atoms with Gasteiger partial charge in [0.05, 0.1) is 5.56 Å². The fourth-order valence-electron chi connectivity index (χ4n) is 2.37. The zero-order valence-corrected chi connectivity index (χ0v) is 14.1. The summed E-state index contributed by atoms with van der Waals surface area (Å²) in [5, 5.41) is 2.91. The fourth-order valence-corrected chi connectivity index (χ4v) is 2.86. The molecule has 1 saturated carbocycles. The van der Waals surface area contributed by atoms with E-state index in [9.17, 15) is 9.59 Å². The lowest BCUT2D eigenvalue weighted by Crippen LogP contribution is -2.40. The molecule has 21 heavy (non-hydrogen) atoms. The van der Waals surface area contributed by atoms with Crippen molar-refractivity contribution >= 4 is 40.2 Å². The standard InChI is InChI=1S/C15H19IN2O3/c1-9(14(19)18-11-4-2-3-5-11)21-15(20)12-8-10(16)6-7-13(12)17/h6-9,11H,2-5,17H2,1H3,(H,18,19)/t9-/m1/s1. The van der Waals surface area contributed by atoms with Crippen LogP contribution in [-0.2, 0) is 9.53 Å². The molecule has 6 heteroatoms. The molecule has 1 aromatic rings. The van der Waals surface area contributed by atoms with Gasteiger partial charge in [0.2, 0.25) is 0 Å². The quantitative estimate of drug-likeness (QED) is 0.461. The summed E-state index contributed by atoms with van der Waals surface area (Å²) in [6.07, 6.45) is 3.44. The van der Waals surface area contributed by atoms with E-state index in [4.69, 9.17) is 10.5 Å². The molecule has 0 bridgehead atoms. The monoisotopic (exact) mass is 402 g/mol. The number of hydrogen-bond acceptors (Lipinski definition) is 4. The number of esters is 1. The van der Waals surface area contributed by atoms with Gasteiger partial charge in [0.15, 0.2) is 6.10 Å². The molecule has 0 heterocycles. The van der Waals surface area contributed by atoms with Crippen LogP contribution in [0.1, 0.15) is 43.0 Å². The van der Waals surface area contributed by atoms with Crippen molar-refractivity contribution in [3.63, 3.8) is 0 Å². The molecule has 1 fully saturated rings. The molecule has 1 aliphatic rings. The molecule has 1 aliphatic carbocycles. The molecule has 1 atom stereocenters. The zero-order chi connectivity index (χ0) is 15.4. The van der Waals surface area contributed by atoms with Gasteiger partial charge in [-0.3, -0.25) is 4.79 Å². The van der Waals surface area contributed by atoms with Crippen LogP contribution in [0.3, 0.4) is 0 Å². The summed E-state index contributed by atoms with van der Waals surface area (Å²) in [6, 6.07) is 5.33. The van der Waals surface area contributed by atoms with Gasteiger partial charge in [-0.05, 0) is 60.6 Å². The number of rotatable bonds is 4. The number of nitrogens with two attached hydrogens (primary N) is 1. The van der Waals surface area contributed by atoms with Crippen LogP contribution in [-0.4, -0.2) is 24.0 Å². The van der Waals surface area contributed by atoms with E-state index in [1.807, 2.05) is 6.07 Å². The van der Waals surface area contributed by atoms with E-state index in [-0.39, 0.29) is 11.9 Å². The van der Waals surface area contributed by atoms with Crippen LogP contribution in [0.25, 0.3) is 0 Å². The first kappa shape index (κ1) is 16.1. The zero-order valence-electron chi connectivity index (χ0n) is 11.9. The van der Waals surface area contributed by atoms with E-state index in [1.165, 1.54) is 0 Å². The predicted molar refractivity (Wildman–Crippen MR) is 88.8 cm³/mol. The number of ether oxygens (including phenoxy) is 1. The number of carbonyl (C=O) groups is 2. The summed E-state index contributed by atoms with van der Waals surface area (Å²) in [5.74, 6) is -0.820. The summed E-state index contributed by atoms with van der Waals surface area (Å²) >= 11 is 2.09. The molecule has 0 aromatic heterocycles. The number of anilines is 1. The summed E-state index contributed by atoms with van der Waals surface area (Å²) in [7, 11) is 0. The third-order valence-electron chi connectivity index (χ3n) is 3.59. The Labute approximate surface area is 137 Å². The van der Waals surface area contributed by atoms with Gasteiger partial charge in [0, 0.05) is 15.3 Å². The second kappa shape index (κ2) is 7.11. The molecule has 3 N–H and O–H groups in total. The Bertz CT molecular complexity index is 542. The van der Waals surface area contributed by atoms with Crippen LogP contribution in [0.2, 0.25) is 0 Å². The van der Waals surface area contributed by atoms with Crippen LogP contribution in [0.15, 0.2) is 18.2 Å². The Morgan fingerprint density at radius 3 is 2.71 bits per heavy atom. The Kier molecular flexibility index (Phi) is 5.44. The first-order chi connectivity index (χ1) is 9.97. The maximum atomic E-state index is 12.1. The third-order valence-corrected chi connectivity index (χ3v) is 4.26. The van der Waals surface area contributed by atoms with Gasteiger partial charge in [-0.2, -0.15) is 0 Å². The van der Waals surface area contributed by atoms with E-state index in [2.05, 4.69) is 27.9 Å². The average molecular weight is 402 g/mol. The normalized spacial score (nSPS) is 16.5. The molecule has 0 unspecified atom stereocenters. The lowest BCUT2D eigenvalue weighted by atomic mass is 10.2. The molecule has 2 rings (SSSR count).